The van der Waals surface area contributed by atoms with Gasteiger partial charge in [0.1, 0.15) is 0 Å². The standard InChI is InChI=1S/C16H27N3/c1-13(2)10-19(11-15-8-5-9-17-15)12-16-7-4-6-14(3)18-16/h4,6-7,13,15,17H,5,8-12H2,1-3H3. The van der Waals surface area contributed by atoms with E-state index in [-0.39, 0.29) is 0 Å². The van der Waals surface area contributed by atoms with Crippen LogP contribution in [-0.4, -0.2) is 35.6 Å². The molecule has 1 aliphatic heterocycles. The van der Waals surface area contributed by atoms with Gasteiger partial charge in [-0.1, -0.05) is 19.9 Å². The summed E-state index contributed by atoms with van der Waals surface area (Å²) >= 11 is 0. The number of hydrogen-bond donors (Lipinski definition) is 1. The average Bonchev–Trinajstić information content (AvgIpc) is 2.80. The number of aromatic nitrogens is 1. The minimum atomic E-state index is 0.670. The summed E-state index contributed by atoms with van der Waals surface area (Å²) in [4.78, 5) is 7.18. The Bertz CT molecular complexity index is 383. The average molecular weight is 261 g/mol. The molecular weight excluding hydrogens is 234 g/mol. The van der Waals surface area contributed by atoms with Crippen LogP contribution in [0.5, 0.6) is 0 Å². The van der Waals surface area contributed by atoms with Gasteiger partial charge < -0.3 is 5.32 Å². The summed E-state index contributed by atoms with van der Waals surface area (Å²) in [6, 6.07) is 6.99. The van der Waals surface area contributed by atoms with E-state index in [4.69, 9.17) is 0 Å². The van der Waals surface area contributed by atoms with Crippen LogP contribution >= 0.6 is 0 Å². The van der Waals surface area contributed by atoms with Crippen molar-refractivity contribution in [3.63, 3.8) is 0 Å². The molecule has 19 heavy (non-hydrogen) atoms. The zero-order valence-corrected chi connectivity index (χ0v) is 12.5. The third-order valence-corrected chi connectivity index (χ3v) is 3.60. The quantitative estimate of drug-likeness (QED) is 0.853. The number of nitrogens with one attached hydrogen (secondary N) is 1. The second-order valence-electron chi connectivity index (χ2n) is 6.15. The molecule has 1 atom stereocenters. The fourth-order valence-electron chi connectivity index (χ4n) is 2.86. The van der Waals surface area contributed by atoms with Crippen LogP contribution < -0.4 is 5.32 Å². The van der Waals surface area contributed by atoms with Crippen molar-refractivity contribution in [1.29, 1.82) is 0 Å². The third-order valence-electron chi connectivity index (χ3n) is 3.60. The molecule has 106 valence electrons. The maximum absolute atomic E-state index is 4.63. The lowest BCUT2D eigenvalue weighted by Crippen LogP contribution is -2.39. The SMILES string of the molecule is Cc1cccc(CN(CC(C)C)CC2CCCN2)n1. The molecule has 1 fully saturated rings. The molecule has 0 radical (unpaired) electrons. The first-order valence-electron chi connectivity index (χ1n) is 7.52. The molecule has 0 aliphatic carbocycles. The molecule has 1 saturated heterocycles. The van der Waals surface area contributed by atoms with E-state index in [0.29, 0.717) is 12.0 Å². The van der Waals surface area contributed by atoms with Gasteiger partial charge in [-0.15, -0.1) is 0 Å². The normalized spacial score (nSPS) is 19.5. The van der Waals surface area contributed by atoms with E-state index in [0.717, 1.165) is 25.3 Å². The molecule has 1 aromatic heterocycles. The zero-order valence-electron chi connectivity index (χ0n) is 12.5. The first kappa shape index (κ1) is 14.5. The van der Waals surface area contributed by atoms with E-state index in [1.54, 1.807) is 0 Å². The lowest BCUT2D eigenvalue weighted by molar-refractivity contribution is 0.214. The summed E-state index contributed by atoms with van der Waals surface area (Å²) in [5.74, 6) is 0.700. The van der Waals surface area contributed by atoms with E-state index in [2.05, 4.69) is 54.2 Å². The lowest BCUT2D eigenvalue weighted by atomic mass is 10.1. The first-order chi connectivity index (χ1) is 9.13. The summed E-state index contributed by atoms with van der Waals surface area (Å²) < 4.78 is 0. The van der Waals surface area contributed by atoms with E-state index in [9.17, 15) is 0 Å². The third kappa shape index (κ3) is 4.92. The Morgan fingerprint density at radius 2 is 2.26 bits per heavy atom. The Labute approximate surface area is 117 Å². The predicted molar refractivity (Wildman–Crippen MR) is 80.1 cm³/mol. The molecule has 1 aliphatic rings. The highest BCUT2D eigenvalue weighted by atomic mass is 15.2. The maximum Gasteiger partial charge on any atom is 0.0547 e. The van der Waals surface area contributed by atoms with Crippen LogP contribution in [0.15, 0.2) is 18.2 Å². The van der Waals surface area contributed by atoms with Crippen molar-refractivity contribution < 1.29 is 0 Å². The predicted octanol–water partition coefficient (Wildman–Crippen LogP) is 2.60. The lowest BCUT2D eigenvalue weighted by Gasteiger charge is -2.27. The highest BCUT2D eigenvalue weighted by Crippen LogP contribution is 2.11. The molecule has 0 bridgehead atoms. The molecule has 1 aromatic rings. The van der Waals surface area contributed by atoms with Gasteiger partial charge in [0.05, 0.1) is 5.69 Å². The number of hydrogen-bond acceptors (Lipinski definition) is 3. The van der Waals surface area contributed by atoms with Gasteiger partial charge in [-0.25, -0.2) is 0 Å². The number of pyridine rings is 1. The van der Waals surface area contributed by atoms with Gasteiger partial charge in [-0.3, -0.25) is 9.88 Å². The molecule has 3 heteroatoms. The van der Waals surface area contributed by atoms with Gasteiger partial charge in [0.2, 0.25) is 0 Å². The van der Waals surface area contributed by atoms with Crippen LogP contribution in [0, 0.1) is 12.8 Å². The molecule has 1 unspecified atom stereocenters. The second-order valence-corrected chi connectivity index (χ2v) is 6.15. The van der Waals surface area contributed by atoms with Crippen LogP contribution in [0.25, 0.3) is 0 Å². The van der Waals surface area contributed by atoms with Crippen molar-refractivity contribution >= 4 is 0 Å². The molecule has 2 rings (SSSR count). The Kier molecular flexibility index (Phi) is 5.34. The van der Waals surface area contributed by atoms with Crippen molar-refractivity contribution in [2.45, 2.75) is 46.2 Å². The van der Waals surface area contributed by atoms with Crippen molar-refractivity contribution in [3.8, 4) is 0 Å². The molecule has 0 amide bonds. The number of rotatable bonds is 6. The fraction of sp³-hybridized carbons (Fsp3) is 0.688. The van der Waals surface area contributed by atoms with Crippen LogP contribution in [0.2, 0.25) is 0 Å². The van der Waals surface area contributed by atoms with Gasteiger partial charge in [-0.05, 0) is 44.4 Å². The summed E-state index contributed by atoms with van der Waals surface area (Å²) in [7, 11) is 0. The molecule has 1 N–H and O–H groups in total. The van der Waals surface area contributed by atoms with E-state index < -0.39 is 0 Å². The Balaban J connectivity index is 1.96. The van der Waals surface area contributed by atoms with Crippen LogP contribution in [-0.2, 0) is 6.54 Å². The maximum atomic E-state index is 4.63. The highest BCUT2D eigenvalue weighted by Gasteiger charge is 2.18. The number of aryl methyl sites for hydroxylation is 1. The summed E-state index contributed by atoms with van der Waals surface area (Å²) in [5.41, 5.74) is 2.31. The molecular formula is C16H27N3. The topological polar surface area (TPSA) is 28.2 Å². The van der Waals surface area contributed by atoms with Crippen LogP contribution in [0.4, 0.5) is 0 Å². The summed E-state index contributed by atoms with van der Waals surface area (Å²) in [6.07, 6.45) is 2.64. The number of nitrogens with zero attached hydrogens (tertiary/aromatic N) is 2. The Hall–Kier alpha value is -0.930. The van der Waals surface area contributed by atoms with Crippen molar-refractivity contribution in [2.75, 3.05) is 19.6 Å². The highest BCUT2D eigenvalue weighted by molar-refractivity contribution is 5.09. The minimum absolute atomic E-state index is 0.670. The summed E-state index contributed by atoms with van der Waals surface area (Å²) in [5, 5.41) is 3.60. The zero-order chi connectivity index (χ0) is 13.7. The molecule has 3 nitrogen and oxygen atoms in total. The van der Waals surface area contributed by atoms with Gasteiger partial charge in [-0.2, -0.15) is 0 Å². The van der Waals surface area contributed by atoms with Crippen molar-refractivity contribution in [3.05, 3.63) is 29.6 Å². The molecule has 2 heterocycles. The second kappa shape index (κ2) is 7.01. The van der Waals surface area contributed by atoms with Crippen LogP contribution in [0.3, 0.4) is 0 Å². The smallest absolute Gasteiger partial charge is 0.0547 e. The van der Waals surface area contributed by atoms with Crippen molar-refractivity contribution in [1.82, 2.24) is 15.2 Å². The van der Waals surface area contributed by atoms with Gasteiger partial charge in [0.15, 0.2) is 0 Å². The minimum Gasteiger partial charge on any atom is -0.313 e. The van der Waals surface area contributed by atoms with Gasteiger partial charge in [0.25, 0.3) is 0 Å². The summed E-state index contributed by atoms with van der Waals surface area (Å²) in [6.45, 7) is 11.1. The van der Waals surface area contributed by atoms with E-state index >= 15 is 0 Å². The van der Waals surface area contributed by atoms with Gasteiger partial charge in [0, 0.05) is 31.4 Å². The first-order valence-corrected chi connectivity index (χ1v) is 7.52. The van der Waals surface area contributed by atoms with Gasteiger partial charge >= 0.3 is 0 Å². The van der Waals surface area contributed by atoms with E-state index in [1.165, 1.54) is 25.1 Å². The Morgan fingerprint density at radius 3 is 2.89 bits per heavy atom. The fourth-order valence-corrected chi connectivity index (χ4v) is 2.86. The van der Waals surface area contributed by atoms with Crippen LogP contribution in [0.1, 0.15) is 38.1 Å². The molecule has 0 aromatic carbocycles. The molecule has 0 spiro atoms. The molecule has 0 saturated carbocycles. The largest absolute Gasteiger partial charge is 0.313 e. The monoisotopic (exact) mass is 261 g/mol. The Morgan fingerprint density at radius 1 is 1.42 bits per heavy atom. The van der Waals surface area contributed by atoms with Crippen molar-refractivity contribution in [2.24, 2.45) is 5.92 Å². The van der Waals surface area contributed by atoms with E-state index in [1.807, 2.05) is 0 Å².